The van der Waals surface area contributed by atoms with Gasteiger partial charge in [0.05, 0.1) is 10.3 Å². The Morgan fingerprint density at radius 3 is 2.58 bits per heavy atom. The fourth-order valence-electron chi connectivity index (χ4n) is 4.87. The Hall–Kier alpha value is -3.00. The number of anilines is 1. The summed E-state index contributed by atoms with van der Waals surface area (Å²) in [6.07, 6.45) is 5.21. The van der Waals surface area contributed by atoms with Gasteiger partial charge in [-0.3, -0.25) is 19.0 Å². The van der Waals surface area contributed by atoms with E-state index in [1.165, 1.54) is 11.3 Å². The minimum atomic E-state index is -0.111. The van der Waals surface area contributed by atoms with Gasteiger partial charge in [-0.1, -0.05) is 24.6 Å². The van der Waals surface area contributed by atoms with Gasteiger partial charge in [-0.05, 0) is 50.3 Å². The standard InChI is InChI=1S/C25H28N4O3S/c1-16-20-23(27-19-10-6-3-7-13-29(19)24(20)31)33-21(16)25(32)28-14-11-17(12-15-28)22(30)26-18-8-4-2-5-9-18/h2,4-5,8-9,17H,3,6-7,10-15H2,1H3,(H,26,30). The first-order valence-corrected chi connectivity index (χ1v) is 12.5. The van der Waals surface area contributed by atoms with Gasteiger partial charge >= 0.3 is 0 Å². The second-order valence-electron chi connectivity index (χ2n) is 8.95. The van der Waals surface area contributed by atoms with E-state index >= 15 is 0 Å². The van der Waals surface area contributed by atoms with Gasteiger partial charge in [0, 0.05) is 37.7 Å². The van der Waals surface area contributed by atoms with Gasteiger partial charge in [0.15, 0.2) is 0 Å². The number of carbonyl (C=O) groups excluding carboxylic acids is 2. The number of rotatable bonds is 3. The monoisotopic (exact) mass is 464 g/mol. The summed E-state index contributed by atoms with van der Waals surface area (Å²) in [4.78, 5) is 47.0. The van der Waals surface area contributed by atoms with E-state index in [1.54, 1.807) is 4.57 Å². The predicted molar refractivity (Wildman–Crippen MR) is 130 cm³/mol. The molecule has 0 spiro atoms. The van der Waals surface area contributed by atoms with Gasteiger partial charge in [0.25, 0.3) is 11.5 Å². The van der Waals surface area contributed by atoms with E-state index in [1.807, 2.05) is 42.2 Å². The molecule has 1 saturated heterocycles. The van der Waals surface area contributed by atoms with Crippen molar-refractivity contribution in [3.8, 4) is 0 Å². The quantitative estimate of drug-likeness (QED) is 0.635. The van der Waals surface area contributed by atoms with Gasteiger partial charge in [-0.15, -0.1) is 11.3 Å². The second kappa shape index (κ2) is 9.09. The molecule has 1 aromatic carbocycles. The fraction of sp³-hybridized carbons (Fsp3) is 0.440. The molecule has 8 heteroatoms. The number of amides is 2. The van der Waals surface area contributed by atoms with Gasteiger partial charge in [-0.25, -0.2) is 4.98 Å². The lowest BCUT2D eigenvalue weighted by molar-refractivity contribution is -0.121. The maximum atomic E-state index is 13.3. The van der Waals surface area contributed by atoms with Gasteiger partial charge < -0.3 is 10.2 Å². The number of para-hydroxylation sites is 1. The summed E-state index contributed by atoms with van der Waals surface area (Å²) >= 11 is 1.33. The minimum Gasteiger partial charge on any atom is -0.338 e. The lowest BCUT2D eigenvalue weighted by atomic mass is 9.95. The third-order valence-electron chi connectivity index (χ3n) is 6.80. The Bertz CT molecular complexity index is 1260. The van der Waals surface area contributed by atoms with Crippen LogP contribution >= 0.6 is 11.3 Å². The van der Waals surface area contributed by atoms with Crippen molar-refractivity contribution in [1.82, 2.24) is 14.5 Å². The molecule has 7 nitrogen and oxygen atoms in total. The van der Waals surface area contributed by atoms with Gasteiger partial charge in [0.1, 0.15) is 10.7 Å². The normalized spacial score (nSPS) is 16.9. The van der Waals surface area contributed by atoms with E-state index in [-0.39, 0.29) is 23.3 Å². The van der Waals surface area contributed by atoms with Gasteiger partial charge in [0.2, 0.25) is 5.91 Å². The number of aryl methyl sites for hydroxylation is 2. The van der Waals surface area contributed by atoms with Crippen molar-refractivity contribution in [3.63, 3.8) is 0 Å². The van der Waals surface area contributed by atoms with Crippen molar-refractivity contribution >= 4 is 39.1 Å². The molecule has 0 radical (unpaired) electrons. The second-order valence-corrected chi connectivity index (χ2v) is 9.95. The first-order valence-electron chi connectivity index (χ1n) is 11.7. The lowest BCUT2D eigenvalue weighted by Gasteiger charge is -2.31. The third kappa shape index (κ3) is 4.19. The average molecular weight is 465 g/mol. The number of thiophene rings is 1. The molecule has 2 aromatic heterocycles. The molecule has 4 heterocycles. The molecule has 0 unspecified atom stereocenters. The molecule has 0 atom stereocenters. The van der Waals surface area contributed by atoms with Crippen molar-refractivity contribution in [1.29, 1.82) is 0 Å². The van der Waals surface area contributed by atoms with Crippen LogP contribution < -0.4 is 10.9 Å². The summed E-state index contributed by atoms with van der Waals surface area (Å²) < 4.78 is 1.81. The number of hydrogen-bond acceptors (Lipinski definition) is 5. The van der Waals surface area contributed by atoms with Crippen molar-refractivity contribution in [3.05, 3.63) is 57.0 Å². The molecular weight excluding hydrogens is 436 g/mol. The third-order valence-corrected chi connectivity index (χ3v) is 7.97. The van der Waals surface area contributed by atoms with Crippen molar-refractivity contribution in [2.75, 3.05) is 18.4 Å². The number of nitrogens with one attached hydrogen (secondary N) is 1. The molecule has 2 amide bonds. The predicted octanol–water partition coefficient (Wildman–Crippen LogP) is 3.98. The highest BCUT2D eigenvalue weighted by molar-refractivity contribution is 7.20. The molecule has 0 saturated carbocycles. The van der Waals surface area contributed by atoms with Crippen LogP contribution in [0.15, 0.2) is 35.1 Å². The van der Waals surface area contributed by atoms with E-state index in [0.29, 0.717) is 47.6 Å². The fourth-order valence-corrected chi connectivity index (χ4v) is 6.03. The summed E-state index contributed by atoms with van der Waals surface area (Å²) in [5.41, 5.74) is 1.51. The number of hydrogen-bond donors (Lipinski definition) is 1. The van der Waals surface area contributed by atoms with Crippen LogP contribution in [0, 0.1) is 12.8 Å². The highest BCUT2D eigenvalue weighted by Gasteiger charge is 2.30. The van der Waals surface area contributed by atoms with Gasteiger partial charge in [-0.2, -0.15) is 0 Å². The first kappa shape index (κ1) is 21.8. The topological polar surface area (TPSA) is 84.3 Å². The van der Waals surface area contributed by atoms with Crippen molar-refractivity contribution < 1.29 is 9.59 Å². The largest absolute Gasteiger partial charge is 0.338 e. The molecule has 172 valence electrons. The summed E-state index contributed by atoms with van der Waals surface area (Å²) in [5, 5.41) is 3.55. The Labute approximate surface area is 196 Å². The van der Waals surface area contributed by atoms with Crippen LogP contribution in [0.3, 0.4) is 0 Å². The van der Waals surface area contributed by atoms with Crippen molar-refractivity contribution in [2.45, 2.75) is 52.0 Å². The highest BCUT2D eigenvalue weighted by atomic mass is 32.1. The molecule has 3 aromatic rings. The smallest absolute Gasteiger partial charge is 0.264 e. The molecule has 33 heavy (non-hydrogen) atoms. The van der Waals surface area contributed by atoms with E-state index in [4.69, 9.17) is 4.98 Å². The Morgan fingerprint density at radius 1 is 1.06 bits per heavy atom. The molecule has 5 rings (SSSR count). The highest BCUT2D eigenvalue weighted by Crippen LogP contribution is 2.31. The number of carbonyl (C=O) groups is 2. The minimum absolute atomic E-state index is 0.00469. The molecular formula is C25H28N4O3S. The van der Waals surface area contributed by atoms with E-state index in [9.17, 15) is 14.4 Å². The Kier molecular flexibility index (Phi) is 6.01. The summed E-state index contributed by atoms with van der Waals surface area (Å²) in [5.74, 6) is 0.678. The Morgan fingerprint density at radius 2 is 1.82 bits per heavy atom. The maximum Gasteiger partial charge on any atom is 0.264 e. The zero-order valence-electron chi connectivity index (χ0n) is 18.8. The maximum absolute atomic E-state index is 13.3. The summed E-state index contributed by atoms with van der Waals surface area (Å²) in [6.45, 7) is 3.62. The van der Waals surface area contributed by atoms with Crippen LogP contribution in [0.1, 0.15) is 53.2 Å². The Balaban J connectivity index is 1.31. The zero-order chi connectivity index (χ0) is 22.9. The molecule has 1 fully saturated rings. The van der Waals surface area contributed by atoms with Crippen molar-refractivity contribution in [2.24, 2.45) is 5.92 Å². The van der Waals surface area contributed by atoms with Crippen LogP contribution in [0.2, 0.25) is 0 Å². The molecule has 1 N–H and O–H groups in total. The van der Waals surface area contributed by atoms with Crippen LogP contribution in [0.4, 0.5) is 5.69 Å². The number of fused-ring (bicyclic) bond motifs is 2. The number of nitrogens with zero attached hydrogens (tertiary/aromatic N) is 3. The van der Waals surface area contributed by atoms with Crippen LogP contribution in [-0.2, 0) is 17.8 Å². The summed E-state index contributed by atoms with van der Waals surface area (Å²) in [6, 6.07) is 9.44. The van der Waals surface area contributed by atoms with Crippen LogP contribution in [-0.4, -0.2) is 39.4 Å². The number of benzene rings is 1. The number of likely N-dealkylation sites (tertiary alicyclic amines) is 1. The van der Waals surface area contributed by atoms with Crippen LogP contribution in [0.25, 0.3) is 10.2 Å². The zero-order valence-corrected chi connectivity index (χ0v) is 19.6. The lowest BCUT2D eigenvalue weighted by Crippen LogP contribution is -2.41. The van der Waals surface area contributed by atoms with Crippen LogP contribution in [0.5, 0.6) is 0 Å². The molecule has 2 aliphatic heterocycles. The molecule has 0 bridgehead atoms. The molecule has 0 aliphatic carbocycles. The van der Waals surface area contributed by atoms with E-state index in [2.05, 4.69) is 5.32 Å². The molecule has 2 aliphatic rings. The first-order chi connectivity index (χ1) is 16.0. The summed E-state index contributed by atoms with van der Waals surface area (Å²) in [7, 11) is 0. The number of piperidine rings is 1. The van der Waals surface area contributed by atoms with E-state index < -0.39 is 0 Å². The van der Waals surface area contributed by atoms with E-state index in [0.717, 1.165) is 42.8 Å². The number of aromatic nitrogens is 2. The average Bonchev–Trinajstić information content (AvgIpc) is 3.00. The SMILES string of the molecule is Cc1c(C(=O)N2CCC(C(=O)Nc3ccccc3)CC2)sc2nc3n(c(=O)c12)CCCCC3.